The van der Waals surface area contributed by atoms with E-state index in [-0.39, 0.29) is 0 Å². The van der Waals surface area contributed by atoms with Crippen LogP contribution in [0.1, 0.15) is 193 Å². The summed E-state index contributed by atoms with van der Waals surface area (Å²) in [5.74, 6) is 16.8. The molecule has 0 heterocycles. The van der Waals surface area contributed by atoms with Crippen LogP contribution in [0.25, 0.3) is 0 Å². The van der Waals surface area contributed by atoms with E-state index >= 15 is 0 Å². The zero-order valence-electron chi connectivity index (χ0n) is 30.9. The van der Waals surface area contributed by atoms with E-state index in [1.807, 2.05) is 6.08 Å². The Labute approximate surface area is 299 Å². The fourth-order valence-corrected chi connectivity index (χ4v) is 5.57. The van der Waals surface area contributed by atoms with Gasteiger partial charge in [-0.1, -0.05) is 150 Å². The molecule has 0 aliphatic rings. The maximum atomic E-state index is 9.91. The van der Waals surface area contributed by atoms with Crippen LogP contribution in [0.15, 0.2) is 36.5 Å². The first-order valence-corrected chi connectivity index (χ1v) is 19.9. The number of terminal acetylenes is 2. The second-order valence-corrected chi connectivity index (χ2v) is 13.2. The fraction of sp³-hybridized carbons (Fsp3) is 0.696. The first-order chi connectivity index (χ1) is 23.7. The normalized spacial score (nSPS) is 12.4. The second kappa shape index (κ2) is 40.6. The minimum atomic E-state index is -0.830. The van der Waals surface area contributed by atoms with Crippen molar-refractivity contribution in [2.24, 2.45) is 0 Å². The molecule has 0 aromatic carbocycles. The fourth-order valence-electron chi connectivity index (χ4n) is 5.57. The SMILES string of the molecule is C#CCCCCCCCCCCCCCCCC/C=C\CCCC/C=C\CCCCC#C[C@H](O)C#CCCCCCC/C=C/[C@@H](O)C#C. The molecule has 0 rings (SSSR count). The highest BCUT2D eigenvalue weighted by atomic mass is 16.3. The maximum absolute atomic E-state index is 9.91. The highest BCUT2D eigenvalue weighted by molar-refractivity contribution is 5.19. The zero-order chi connectivity index (χ0) is 34.9. The van der Waals surface area contributed by atoms with Crippen LogP contribution in [0.5, 0.6) is 0 Å². The minimum Gasteiger partial charge on any atom is -0.377 e. The van der Waals surface area contributed by atoms with E-state index in [4.69, 9.17) is 12.8 Å². The smallest absolute Gasteiger partial charge is 0.176 e. The van der Waals surface area contributed by atoms with E-state index in [0.717, 1.165) is 70.6 Å². The summed E-state index contributed by atoms with van der Waals surface area (Å²) in [5, 5.41) is 19.2. The molecule has 2 heteroatoms. The Morgan fingerprint density at radius 1 is 0.396 bits per heavy atom. The summed E-state index contributed by atoms with van der Waals surface area (Å²) >= 11 is 0. The molecule has 0 aromatic heterocycles. The van der Waals surface area contributed by atoms with Crippen LogP contribution in [-0.4, -0.2) is 22.4 Å². The van der Waals surface area contributed by atoms with Gasteiger partial charge in [0.2, 0.25) is 0 Å². The van der Waals surface area contributed by atoms with Crippen molar-refractivity contribution in [3.8, 4) is 48.4 Å². The van der Waals surface area contributed by atoms with Crippen LogP contribution in [0.4, 0.5) is 0 Å². The highest BCUT2D eigenvalue weighted by Crippen LogP contribution is 2.14. The van der Waals surface area contributed by atoms with Gasteiger partial charge in [-0.25, -0.2) is 0 Å². The summed E-state index contributed by atoms with van der Waals surface area (Å²) in [7, 11) is 0. The average molecular weight is 657 g/mol. The monoisotopic (exact) mass is 657 g/mol. The van der Waals surface area contributed by atoms with Gasteiger partial charge in [0, 0.05) is 19.3 Å². The molecule has 48 heavy (non-hydrogen) atoms. The zero-order valence-corrected chi connectivity index (χ0v) is 30.9. The van der Waals surface area contributed by atoms with Gasteiger partial charge in [0.05, 0.1) is 0 Å². The number of aliphatic hydroxyl groups is 2. The Balaban J connectivity index is 3.40. The lowest BCUT2D eigenvalue weighted by Crippen LogP contribution is -1.97. The number of hydrogen-bond donors (Lipinski definition) is 2. The molecule has 268 valence electrons. The topological polar surface area (TPSA) is 40.5 Å². The molecular formula is C46H72O2. The molecule has 2 N–H and O–H groups in total. The van der Waals surface area contributed by atoms with Crippen molar-refractivity contribution in [2.45, 2.75) is 205 Å². The first kappa shape index (κ1) is 45.4. The molecule has 0 bridgehead atoms. The quantitative estimate of drug-likeness (QED) is 0.0430. The van der Waals surface area contributed by atoms with Crippen LogP contribution in [0.2, 0.25) is 0 Å². The second-order valence-electron chi connectivity index (χ2n) is 13.2. The molecule has 0 spiro atoms. The molecule has 0 amide bonds. The summed E-state index contributed by atoms with van der Waals surface area (Å²) in [6.45, 7) is 0. The molecule has 0 saturated carbocycles. The number of unbranched alkanes of at least 4 members (excludes halogenated alkanes) is 26. The van der Waals surface area contributed by atoms with E-state index in [0.29, 0.717) is 0 Å². The van der Waals surface area contributed by atoms with Gasteiger partial charge in [-0.2, -0.15) is 0 Å². The molecule has 0 saturated heterocycles. The lowest BCUT2D eigenvalue weighted by molar-refractivity contribution is 0.280. The largest absolute Gasteiger partial charge is 0.377 e. The van der Waals surface area contributed by atoms with E-state index in [1.165, 1.54) is 122 Å². The van der Waals surface area contributed by atoms with E-state index in [1.54, 1.807) is 6.08 Å². The number of aliphatic hydroxyl groups excluding tert-OH is 2. The minimum absolute atomic E-state index is 0.767. The highest BCUT2D eigenvalue weighted by Gasteiger charge is 1.95. The van der Waals surface area contributed by atoms with E-state index < -0.39 is 12.2 Å². The van der Waals surface area contributed by atoms with Crippen molar-refractivity contribution in [2.75, 3.05) is 0 Å². The molecule has 0 aliphatic carbocycles. The van der Waals surface area contributed by atoms with Crippen LogP contribution in [0.3, 0.4) is 0 Å². The van der Waals surface area contributed by atoms with Gasteiger partial charge < -0.3 is 10.2 Å². The summed E-state index contributed by atoms with van der Waals surface area (Å²) in [6, 6.07) is 0. The summed E-state index contributed by atoms with van der Waals surface area (Å²) in [4.78, 5) is 0. The standard InChI is InChI=1S/C46H72O2/c1-3-5-6-7-8-9-10-11-12-13-14-15-16-17-18-19-20-21-22-23-24-25-26-27-28-29-30-34-37-40-43-46(48)44-41-38-35-32-31-33-36-39-42-45(47)4-2/h1-2,21-22,27-28,39,42,45-48H,5-20,23-26,29-38H2/b22-21-,28-27-,42-39+/t45-,46-/m0/s1. The summed E-state index contributed by atoms with van der Waals surface area (Å²) in [5.41, 5.74) is 0. The number of hydrogen-bond acceptors (Lipinski definition) is 2. The summed E-state index contributed by atoms with van der Waals surface area (Å²) < 4.78 is 0. The maximum Gasteiger partial charge on any atom is 0.176 e. The Morgan fingerprint density at radius 3 is 1.12 bits per heavy atom. The van der Waals surface area contributed by atoms with Gasteiger partial charge in [-0.15, -0.1) is 18.8 Å². The van der Waals surface area contributed by atoms with Crippen LogP contribution >= 0.6 is 0 Å². The Kier molecular flexibility index (Phi) is 38.3. The third kappa shape index (κ3) is 39.6. The molecular weight excluding hydrogens is 585 g/mol. The Bertz CT molecular complexity index is 980. The molecule has 2 nitrogen and oxygen atoms in total. The molecule has 0 aliphatic heterocycles. The number of allylic oxidation sites excluding steroid dienone is 5. The van der Waals surface area contributed by atoms with Gasteiger partial charge in [-0.05, 0) is 89.5 Å². The van der Waals surface area contributed by atoms with Crippen molar-refractivity contribution in [1.29, 1.82) is 0 Å². The van der Waals surface area contributed by atoms with Gasteiger partial charge in [0.15, 0.2) is 6.10 Å². The molecule has 2 atom stereocenters. The Hall–Kier alpha value is -2.62. The first-order valence-electron chi connectivity index (χ1n) is 19.9. The molecule has 0 aromatic rings. The molecule has 0 unspecified atom stereocenters. The third-order valence-corrected chi connectivity index (χ3v) is 8.58. The van der Waals surface area contributed by atoms with Crippen molar-refractivity contribution >= 4 is 0 Å². The lowest BCUT2D eigenvalue weighted by Gasteiger charge is -2.03. The van der Waals surface area contributed by atoms with Crippen LogP contribution in [0, 0.1) is 48.4 Å². The van der Waals surface area contributed by atoms with Crippen molar-refractivity contribution < 1.29 is 10.2 Å². The van der Waals surface area contributed by atoms with Gasteiger partial charge in [0.1, 0.15) is 6.10 Å². The molecule has 0 radical (unpaired) electrons. The molecule has 0 fully saturated rings. The lowest BCUT2D eigenvalue weighted by atomic mass is 10.0. The average Bonchev–Trinajstić information content (AvgIpc) is 3.09. The van der Waals surface area contributed by atoms with Gasteiger partial charge in [-0.3, -0.25) is 0 Å². The van der Waals surface area contributed by atoms with Gasteiger partial charge >= 0.3 is 0 Å². The van der Waals surface area contributed by atoms with Crippen LogP contribution in [-0.2, 0) is 0 Å². The third-order valence-electron chi connectivity index (χ3n) is 8.58. The van der Waals surface area contributed by atoms with Crippen LogP contribution < -0.4 is 0 Å². The number of rotatable bonds is 32. The van der Waals surface area contributed by atoms with Gasteiger partial charge in [0.25, 0.3) is 0 Å². The summed E-state index contributed by atoms with van der Waals surface area (Å²) in [6.07, 6.45) is 58.7. The Morgan fingerprint density at radius 2 is 0.708 bits per heavy atom. The van der Waals surface area contributed by atoms with E-state index in [9.17, 15) is 10.2 Å². The van der Waals surface area contributed by atoms with Crippen molar-refractivity contribution in [1.82, 2.24) is 0 Å². The van der Waals surface area contributed by atoms with E-state index in [2.05, 4.69) is 59.8 Å². The predicted octanol–water partition coefficient (Wildman–Crippen LogP) is 12.4. The van der Waals surface area contributed by atoms with Crippen molar-refractivity contribution in [3.05, 3.63) is 36.5 Å². The van der Waals surface area contributed by atoms with Crippen molar-refractivity contribution in [3.63, 3.8) is 0 Å². The predicted molar refractivity (Wildman–Crippen MR) is 211 cm³/mol.